The Balaban J connectivity index is 2.10. The topological polar surface area (TPSA) is 12.5 Å². The van der Waals surface area contributed by atoms with Crippen molar-refractivity contribution in [2.75, 3.05) is 13.7 Å². The average Bonchev–Trinajstić information content (AvgIpc) is 2.92. The molecular formula is C16H17NOS. The van der Waals surface area contributed by atoms with Gasteiger partial charge in [0.2, 0.25) is 0 Å². The van der Waals surface area contributed by atoms with Crippen LogP contribution in [0.15, 0.2) is 41.8 Å². The van der Waals surface area contributed by atoms with E-state index >= 15 is 0 Å². The molecule has 0 fully saturated rings. The maximum absolute atomic E-state index is 5.46. The Morgan fingerprint density at radius 1 is 1.21 bits per heavy atom. The number of benzene rings is 1. The van der Waals surface area contributed by atoms with E-state index in [2.05, 4.69) is 34.4 Å². The van der Waals surface area contributed by atoms with Crippen molar-refractivity contribution in [3.63, 3.8) is 0 Å². The van der Waals surface area contributed by atoms with Gasteiger partial charge in [-0.05, 0) is 17.5 Å². The zero-order valence-corrected chi connectivity index (χ0v) is 11.8. The molecule has 19 heavy (non-hydrogen) atoms. The lowest BCUT2D eigenvalue weighted by Crippen LogP contribution is -2.22. The SMILES string of the molecule is C#CCN(Cc1cccs1)Cc1ccccc1OC. The van der Waals surface area contributed by atoms with Crippen molar-refractivity contribution >= 4 is 11.3 Å². The van der Waals surface area contributed by atoms with Crippen molar-refractivity contribution in [1.29, 1.82) is 0 Å². The highest BCUT2D eigenvalue weighted by Gasteiger charge is 2.09. The standard InChI is InChI=1S/C16H17NOS/c1-3-10-17(13-15-8-6-11-19-15)12-14-7-4-5-9-16(14)18-2/h1,4-9,11H,10,12-13H2,2H3. The summed E-state index contributed by atoms with van der Waals surface area (Å²) in [6, 6.07) is 12.3. The number of para-hydroxylation sites is 1. The van der Waals surface area contributed by atoms with E-state index in [1.165, 1.54) is 4.88 Å². The summed E-state index contributed by atoms with van der Waals surface area (Å²) in [7, 11) is 1.70. The molecule has 0 aliphatic heterocycles. The first-order valence-electron chi connectivity index (χ1n) is 6.13. The molecule has 0 bridgehead atoms. The monoisotopic (exact) mass is 271 g/mol. The van der Waals surface area contributed by atoms with Gasteiger partial charge in [0.25, 0.3) is 0 Å². The maximum Gasteiger partial charge on any atom is 0.123 e. The molecule has 0 aliphatic carbocycles. The molecule has 0 saturated heterocycles. The van der Waals surface area contributed by atoms with Crippen LogP contribution >= 0.6 is 11.3 Å². The quantitative estimate of drug-likeness (QED) is 0.747. The van der Waals surface area contributed by atoms with Gasteiger partial charge in [-0.1, -0.05) is 30.2 Å². The number of hydrogen-bond acceptors (Lipinski definition) is 3. The molecule has 1 aromatic carbocycles. The first-order chi connectivity index (χ1) is 9.33. The molecule has 98 valence electrons. The summed E-state index contributed by atoms with van der Waals surface area (Å²) in [6.07, 6.45) is 5.46. The van der Waals surface area contributed by atoms with E-state index in [1.807, 2.05) is 18.2 Å². The van der Waals surface area contributed by atoms with Crippen LogP contribution in [-0.2, 0) is 13.1 Å². The van der Waals surface area contributed by atoms with Gasteiger partial charge in [0.05, 0.1) is 13.7 Å². The van der Waals surface area contributed by atoms with E-state index in [0.717, 1.165) is 24.4 Å². The van der Waals surface area contributed by atoms with Crippen LogP contribution in [-0.4, -0.2) is 18.6 Å². The van der Waals surface area contributed by atoms with Crippen molar-refractivity contribution in [2.45, 2.75) is 13.1 Å². The fourth-order valence-corrected chi connectivity index (χ4v) is 2.74. The Morgan fingerprint density at radius 3 is 2.74 bits per heavy atom. The molecule has 0 aliphatic rings. The summed E-state index contributed by atoms with van der Waals surface area (Å²) in [6.45, 7) is 2.31. The molecule has 1 heterocycles. The second-order valence-electron chi connectivity index (χ2n) is 4.24. The molecule has 0 unspecified atom stereocenters. The van der Waals surface area contributed by atoms with Crippen molar-refractivity contribution < 1.29 is 4.74 Å². The van der Waals surface area contributed by atoms with Crippen LogP contribution in [0.2, 0.25) is 0 Å². The van der Waals surface area contributed by atoms with Gasteiger partial charge in [-0.15, -0.1) is 17.8 Å². The van der Waals surface area contributed by atoms with Gasteiger partial charge in [0.1, 0.15) is 5.75 Å². The number of methoxy groups -OCH3 is 1. The van der Waals surface area contributed by atoms with E-state index < -0.39 is 0 Å². The molecule has 0 spiro atoms. The molecule has 0 saturated carbocycles. The van der Waals surface area contributed by atoms with Gasteiger partial charge in [-0.3, -0.25) is 4.90 Å². The first kappa shape index (κ1) is 13.7. The molecule has 2 aromatic rings. The fourth-order valence-electron chi connectivity index (χ4n) is 1.99. The zero-order chi connectivity index (χ0) is 13.5. The molecule has 2 rings (SSSR count). The minimum absolute atomic E-state index is 0.635. The number of terminal acetylenes is 1. The van der Waals surface area contributed by atoms with Crippen LogP contribution in [0.1, 0.15) is 10.4 Å². The van der Waals surface area contributed by atoms with E-state index in [-0.39, 0.29) is 0 Å². The van der Waals surface area contributed by atoms with Crippen LogP contribution in [0.4, 0.5) is 0 Å². The van der Waals surface area contributed by atoms with Crippen LogP contribution < -0.4 is 4.74 Å². The van der Waals surface area contributed by atoms with Gasteiger partial charge in [-0.25, -0.2) is 0 Å². The van der Waals surface area contributed by atoms with Gasteiger partial charge in [0, 0.05) is 23.5 Å². The van der Waals surface area contributed by atoms with Crippen LogP contribution in [0, 0.1) is 12.3 Å². The Kier molecular flexibility index (Phi) is 5.02. The number of ether oxygens (including phenoxy) is 1. The van der Waals surface area contributed by atoms with E-state index in [9.17, 15) is 0 Å². The Bertz CT molecular complexity index is 542. The average molecular weight is 271 g/mol. The van der Waals surface area contributed by atoms with Crippen molar-refractivity contribution in [3.05, 3.63) is 52.2 Å². The van der Waals surface area contributed by atoms with Crippen molar-refractivity contribution in [2.24, 2.45) is 0 Å². The summed E-state index contributed by atoms with van der Waals surface area (Å²) >= 11 is 1.76. The molecular weight excluding hydrogens is 254 g/mol. The number of thiophene rings is 1. The minimum atomic E-state index is 0.635. The second kappa shape index (κ2) is 6.98. The third-order valence-electron chi connectivity index (χ3n) is 2.86. The third kappa shape index (κ3) is 3.85. The Hall–Kier alpha value is -1.76. The molecule has 1 aromatic heterocycles. The van der Waals surface area contributed by atoms with Gasteiger partial charge in [-0.2, -0.15) is 0 Å². The smallest absolute Gasteiger partial charge is 0.123 e. The summed E-state index contributed by atoms with van der Waals surface area (Å²) < 4.78 is 5.38. The zero-order valence-electron chi connectivity index (χ0n) is 11.0. The molecule has 0 N–H and O–H groups in total. The van der Waals surface area contributed by atoms with Crippen LogP contribution in [0.3, 0.4) is 0 Å². The molecule has 0 amide bonds. The normalized spacial score (nSPS) is 10.4. The fraction of sp³-hybridized carbons (Fsp3) is 0.250. The van der Waals surface area contributed by atoms with Crippen molar-refractivity contribution in [1.82, 2.24) is 4.90 Å². The number of rotatable bonds is 6. The molecule has 0 radical (unpaired) electrons. The summed E-state index contributed by atoms with van der Waals surface area (Å²) in [5.74, 6) is 3.64. The second-order valence-corrected chi connectivity index (χ2v) is 5.27. The molecule has 0 atom stereocenters. The van der Waals surface area contributed by atoms with Crippen LogP contribution in [0.25, 0.3) is 0 Å². The molecule has 2 nitrogen and oxygen atoms in total. The lowest BCUT2D eigenvalue weighted by Gasteiger charge is -2.20. The van der Waals surface area contributed by atoms with Gasteiger partial charge < -0.3 is 4.74 Å². The summed E-state index contributed by atoms with van der Waals surface area (Å²) in [5, 5.41) is 2.09. The highest BCUT2D eigenvalue weighted by Crippen LogP contribution is 2.21. The van der Waals surface area contributed by atoms with Gasteiger partial charge in [0.15, 0.2) is 0 Å². The highest BCUT2D eigenvalue weighted by molar-refractivity contribution is 7.09. The van der Waals surface area contributed by atoms with E-state index in [0.29, 0.717) is 6.54 Å². The predicted molar refractivity (Wildman–Crippen MR) is 80.3 cm³/mol. The maximum atomic E-state index is 5.46. The summed E-state index contributed by atoms with van der Waals surface area (Å²) in [4.78, 5) is 3.56. The number of hydrogen-bond donors (Lipinski definition) is 0. The lowest BCUT2D eigenvalue weighted by atomic mass is 10.2. The van der Waals surface area contributed by atoms with E-state index in [4.69, 9.17) is 11.2 Å². The highest BCUT2D eigenvalue weighted by atomic mass is 32.1. The lowest BCUT2D eigenvalue weighted by molar-refractivity contribution is 0.286. The van der Waals surface area contributed by atoms with E-state index in [1.54, 1.807) is 18.4 Å². The predicted octanol–water partition coefficient (Wildman–Crippen LogP) is 3.39. The third-order valence-corrected chi connectivity index (χ3v) is 3.72. The van der Waals surface area contributed by atoms with Crippen molar-refractivity contribution in [3.8, 4) is 18.1 Å². The first-order valence-corrected chi connectivity index (χ1v) is 7.01. The minimum Gasteiger partial charge on any atom is -0.496 e. The Labute approximate surface area is 118 Å². The Morgan fingerprint density at radius 2 is 2.05 bits per heavy atom. The van der Waals surface area contributed by atoms with Crippen LogP contribution in [0.5, 0.6) is 5.75 Å². The molecule has 3 heteroatoms. The summed E-state index contributed by atoms with van der Waals surface area (Å²) in [5.41, 5.74) is 1.16. The van der Waals surface area contributed by atoms with Gasteiger partial charge >= 0.3 is 0 Å². The largest absolute Gasteiger partial charge is 0.496 e. The number of nitrogens with zero attached hydrogens (tertiary/aromatic N) is 1.